The summed E-state index contributed by atoms with van der Waals surface area (Å²) in [4.78, 5) is 14.7. The smallest absolute Gasteiger partial charge is 0.378 e. The van der Waals surface area contributed by atoms with E-state index in [-0.39, 0.29) is 11.4 Å². The predicted octanol–water partition coefficient (Wildman–Crippen LogP) is 4.47. The first-order valence-electron chi connectivity index (χ1n) is 10.7. The van der Waals surface area contributed by atoms with Crippen molar-refractivity contribution in [3.63, 3.8) is 0 Å². The average Bonchev–Trinajstić information content (AvgIpc) is 3.26. The first-order chi connectivity index (χ1) is 16.2. The first kappa shape index (κ1) is 24.1. The fourth-order valence-electron chi connectivity index (χ4n) is 3.77. The molecule has 1 fully saturated rings. The van der Waals surface area contributed by atoms with Crippen LogP contribution in [0.2, 0.25) is 0 Å². The molecule has 3 aromatic rings. The van der Waals surface area contributed by atoms with Gasteiger partial charge in [-0.05, 0) is 43.7 Å². The third-order valence-electron chi connectivity index (χ3n) is 5.41. The van der Waals surface area contributed by atoms with Gasteiger partial charge in [-0.1, -0.05) is 29.5 Å². The molecule has 2 aromatic carbocycles. The van der Waals surface area contributed by atoms with Crippen molar-refractivity contribution in [1.29, 1.82) is 0 Å². The molecule has 0 spiro atoms. The number of alkyl halides is 3. The number of aromatic nitrogens is 3. The third-order valence-corrected chi connectivity index (χ3v) is 6.35. The zero-order valence-corrected chi connectivity index (χ0v) is 19.5. The number of benzene rings is 2. The Morgan fingerprint density at radius 3 is 2.56 bits per heavy atom. The topological polar surface area (TPSA) is 72.3 Å². The number of hydrogen-bond donors (Lipinski definition) is 1. The van der Waals surface area contributed by atoms with Gasteiger partial charge in [0.05, 0.1) is 41.6 Å². The van der Waals surface area contributed by atoms with Gasteiger partial charge in [0.25, 0.3) is 0 Å². The second-order valence-electron chi connectivity index (χ2n) is 7.94. The number of nitrogens with zero attached hydrogens (tertiary/aromatic N) is 4. The van der Waals surface area contributed by atoms with Crippen LogP contribution in [0.5, 0.6) is 0 Å². The van der Waals surface area contributed by atoms with E-state index < -0.39 is 17.6 Å². The number of anilines is 2. The molecule has 0 saturated carbocycles. The lowest BCUT2D eigenvalue weighted by atomic mass is 10.1. The molecule has 7 nitrogen and oxygen atoms in total. The zero-order valence-electron chi connectivity index (χ0n) is 18.7. The molecule has 1 aromatic heterocycles. The molecule has 180 valence electrons. The Morgan fingerprint density at radius 2 is 1.85 bits per heavy atom. The second kappa shape index (κ2) is 10.1. The van der Waals surface area contributed by atoms with E-state index in [2.05, 4.69) is 15.5 Å². The fourth-order valence-corrected chi connectivity index (χ4v) is 4.49. The van der Waals surface area contributed by atoms with Crippen LogP contribution in [0, 0.1) is 13.8 Å². The molecule has 0 aliphatic carbocycles. The molecular formula is C23H24F3N5O2S. The summed E-state index contributed by atoms with van der Waals surface area (Å²) < 4.78 is 47.0. The van der Waals surface area contributed by atoms with E-state index in [1.54, 1.807) is 10.9 Å². The Morgan fingerprint density at radius 1 is 1.12 bits per heavy atom. The highest BCUT2D eigenvalue weighted by Gasteiger charge is 2.32. The van der Waals surface area contributed by atoms with Gasteiger partial charge in [-0.15, -0.1) is 10.2 Å². The predicted molar refractivity (Wildman–Crippen MR) is 125 cm³/mol. The molecule has 11 heteroatoms. The van der Waals surface area contributed by atoms with Crippen molar-refractivity contribution in [3.8, 4) is 5.69 Å². The standard InChI is InChI=1S/C23H24F3N5O2S/c1-15-3-5-19(16(2)11-15)31-14-27-29-22(31)34-13-21(32)28-18-12-17(23(24,25)26)4-6-20(18)30-7-9-33-10-8-30/h3-6,11-12,14H,7-10,13H2,1-2H3,(H,28,32). The van der Waals surface area contributed by atoms with Gasteiger partial charge >= 0.3 is 6.18 Å². The highest BCUT2D eigenvalue weighted by molar-refractivity contribution is 7.99. The van der Waals surface area contributed by atoms with Crippen molar-refractivity contribution in [2.45, 2.75) is 25.2 Å². The summed E-state index contributed by atoms with van der Waals surface area (Å²) in [5.41, 5.74) is 2.89. The second-order valence-corrected chi connectivity index (χ2v) is 8.88. The van der Waals surface area contributed by atoms with Crippen LogP contribution in [0.3, 0.4) is 0 Å². The van der Waals surface area contributed by atoms with Crippen LogP contribution in [0.25, 0.3) is 5.69 Å². The van der Waals surface area contributed by atoms with E-state index in [9.17, 15) is 18.0 Å². The van der Waals surface area contributed by atoms with Gasteiger partial charge in [-0.25, -0.2) is 0 Å². The molecule has 0 atom stereocenters. The molecule has 1 saturated heterocycles. The summed E-state index contributed by atoms with van der Waals surface area (Å²) in [7, 11) is 0. The van der Waals surface area contributed by atoms with Crippen LogP contribution in [-0.2, 0) is 15.7 Å². The summed E-state index contributed by atoms with van der Waals surface area (Å²) in [6.45, 7) is 5.98. The van der Waals surface area contributed by atoms with Crippen LogP contribution in [0.1, 0.15) is 16.7 Å². The lowest BCUT2D eigenvalue weighted by Gasteiger charge is -2.31. The summed E-state index contributed by atoms with van der Waals surface area (Å²) in [5.74, 6) is -0.475. The van der Waals surface area contributed by atoms with E-state index in [0.717, 1.165) is 40.7 Å². The average molecular weight is 492 g/mol. The minimum atomic E-state index is -4.51. The summed E-state index contributed by atoms with van der Waals surface area (Å²) in [6.07, 6.45) is -2.94. The van der Waals surface area contributed by atoms with Crippen molar-refractivity contribution in [2.75, 3.05) is 42.3 Å². The number of carbonyl (C=O) groups excluding carboxylic acids is 1. The van der Waals surface area contributed by atoms with Crippen molar-refractivity contribution in [3.05, 3.63) is 59.4 Å². The molecular weight excluding hydrogens is 467 g/mol. The molecule has 4 rings (SSSR count). The monoisotopic (exact) mass is 491 g/mol. The maximum atomic E-state index is 13.3. The van der Waals surface area contributed by atoms with Crippen LogP contribution in [0.15, 0.2) is 47.9 Å². The van der Waals surface area contributed by atoms with Gasteiger partial charge in [0, 0.05) is 13.1 Å². The number of hydrogen-bond acceptors (Lipinski definition) is 6. The molecule has 2 heterocycles. The number of carbonyl (C=O) groups is 1. The van der Waals surface area contributed by atoms with E-state index in [0.29, 0.717) is 37.1 Å². The normalized spacial score (nSPS) is 14.3. The number of thioether (sulfide) groups is 1. The van der Waals surface area contributed by atoms with Crippen LogP contribution < -0.4 is 10.2 Å². The Kier molecular flexibility index (Phi) is 7.13. The SMILES string of the molecule is Cc1ccc(-n2cnnc2SCC(=O)Nc2cc(C(F)(F)F)ccc2N2CCOCC2)c(C)c1. The van der Waals surface area contributed by atoms with Crippen molar-refractivity contribution >= 4 is 29.0 Å². The number of amides is 1. The molecule has 0 radical (unpaired) electrons. The number of ether oxygens (including phenoxy) is 1. The van der Waals surface area contributed by atoms with Crippen LogP contribution in [-0.4, -0.2) is 52.7 Å². The Bertz CT molecular complexity index is 1180. The van der Waals surface area contributed by atoms with Gasteiger partial charge in [-0.3, -0.25) is 9.36 Å². The van der Waals surface area contributed by atoms with Gasteiger partial charge in [0.2, 0.25) is 5.91 Å². The molecule has 0 unspecified atom stereocenters. The van der Waals surface area contributed by atoms with Crippen molar-refractivity contribution in [1.82, 2.24) is 14.8 Å². The molecule has 1 aliphatic heterocycles. The number of morpholine rings is 1. The maximum absolute atomic E-state index is 13.3. The molecule has 1 aliphatic rings. The fraction of sp³-hybridized carbons (Fsp3) is 0.348. The van der Waals surface area contributed by atoms with Gasteiger partial charge < -0.3 is 15.0 Å². The summed E-state index contributed by atoms with van der Waals surface area (Å²) >= 11 is 1.16. The Balaban J connectivity index is 1.51. The van der Waals surface area contributed by atoms with E-state index in [1.165, 1.54) is 6.07 Å². The summed E-state index contributed by atoms with van der Waals surface area (Å²) in [6, 6.07) is 9.37. The lowest BCUT2D eigenvalue weighted by Crippen LogP contribution is -2.37. The molecule has 1 amide bonds. The number of halogens is 3. The number of aryl methyl sites for hydroxylation is 2. The third kappa shape index (κ3) is 5.53. The highest BCUT2D eigenvalue weighted by Crippen LogP contribution is 2.36. The Labute approximate surface area is 199 Å². The van der Waals surface area contributed by atoms with Crippen molar-refractivity contribution < 1.29 is 22.7 Å². The number of rotatable bonds is 6. The lowest BCUT2D eigenvalue weighted by molar-refractivity contribution is -0.137. The minimum Gasteiger partial charge on any atom is -0.378 e. The minimum absolute atomic E-state index is 0.0393. The van der Waals surface area contributed by atoms with Crippen LogP contribution >= 0.6 is 11.8 Å². The molecule has 1 N–H and O–H groups in total. The van der Waals surface area contributed by atoms with E-state index >= 15 is 0 Å². The zero-order chi connectivity index (χ0) is 24.3. The largest absolute Gasteiger partial charge is 0.416 e. The maximum Gasteiger partial charge on any atom is 0.416 e. The van der Waals surface area contributed by atoms with Gasteiger partial charge in [0.15, 0.2) is 5.16 Å². The summed E-state index contributed by atoms with van der Waals surface area (Å²) in [5, 5.41) is 11.2. The molecule has 0 bridgehead atoms. The number of nitrogens with one attached hydrogen (secondary N) is 1. The van der Waals surface area contributed by atoms with E-state index in [1.807, 2.05) is 36.9 Å². The van der Waals surface area contributed by atoms with Gasteiger partial charge in [-0.2, -0.15) is 13.2 Å². The van der Waals surface area contributed by atoms with E-state index in [4.69, 9.17) is 4.74 Å². The highest BCUT2D eigenvalue weighted by atomic mass is 32.2. The quantitative estimate of drug-likeness (QED) is 0.513. The first-order valence-corrected chi connectivity index (χ1v) is 11.6. The van der Waals surface area contributed by atoms with Crippen LogP contribution in [0.4, 0.5) is 24.5 Å². The Hall–Kier alpha value is -3.05. The van der Waals surface area contributed by atoms with Gasteiger partial charge in [0.1, 0.15) is 6.33 Å². The van der Waals surface area contributed by atoms with Crippen molar-refractivity contribution in [2.24, 2.45) is 0 Å². The molecule has 34 heavy (non-hydrogen) atoms.